The quantitative estimate of drug-likeness (QED) is 0.111. The van der Waals surface area contributed by atoms with Crippen LogP contribution in [0.15, 0.2) is 76.3 Å². The molecule has 0 spiro atoms. The number of aryl methyl sites for hydroxylation is 1. The number of nitrogens with zero attached hydrogens (tertiary/aromatic N) is 1. The van der Waals surface area contributed by atoms with Crippen molar-refractivity contribution in [3.05, 3.63) is 87.9 Å². The van der Waals surface area contributed by atoms with Crippen molar-refractivity contribution in [2.45, 2.75) is 26.7 Å². The van der Waals surface area contributed by atoms with Crippen LogP contribution in [0.4, 0.5) is 0 Å². The minimum Gasteiger partial charge on any atom is -0.494 e. The van der Waals surface area contributed by atoms with Crippen molar-refractivity contribution < 1.29 is 23.8 Å². The van der Waals surface area contributed by atoms with Crippen LogP contribution in [0.5, 0.6) is 17.2 Å². The van der Waals surface area contributed by atoms with E-state index in [-0.39, 0.29) is 6.61 Å². The zero-order valence-electron chi connectivity index (χ0n) is 19.6. The zero-order chi connectivity index (χ0) is 25.0. The molecule has 1 N–H and O–H groups in total. The Kier molecular flexibility index (Phi) is 9.86. The number of ether oxygens (including phenoxy) is 3. The number of rotatable bonds is 11. The van der Waals surface area contributed by atoms with Crippen LogP contribution in [0.2, 0.25) is 0 Å². The van der Waals surface area contributed by atoms with Gasteiger partial charge in [-0.15, -0.1) is 0 Å². The fourth-order valence-electron chi connectivity index (χ4n) is 2.99. The molecule has 0 atom stereocenters. The summed E-state index contributed by atoms with van der Waals surface area (Å²) in [4.78, 5) is 24.7. The third-order valence-electron chi connectivity index (χ3n) is 4.89. The van der Waals surface area contributed by atoms with Crippen LogP contribution in [-0.2, 0) is 4.79 Å². The molecular formula is C27H27BrN2O5. The van der Waals surface area contributed by atoms with Crippen molar-refractivity contribution in [2.75, 3.05) is 13.2 Å². The molecule has 3 rings (SSSR count). The van der Waals surface area contributed by atoms with Gasteiger partial charge in [0.25, 0.3) is 5.91 Å². The van der Waals surface area contributed by atoms with Crippen LogP contribution in [0, 0.1) is 6.92 Å². The topological polar surface area (TPSA) is 86.2 Å². The Morgan fingerprint density at radius 3 is 2.43 bits per heavy atom. The average molecular weight is 539 g/mol. The molecular weight excluding hydrogens is 512 g/mol. The highest BCUT2D eigenvalue weighted by Gasteiger charge is 2.13. The normalized spacial score (nSPS) is 10.7. The molecule has 0 radical (unpaired) electrons. The Bertz CT molecular complexity index is 1180. The zero-order valence-corrected chi connectivity index (χ0v) is 21.2. The minimum atomic E-state index is -0.473. The highest BCUT2D eigenvalue weighted by atomic mass is 79.9. The molecule has 0 saturated heterocycles. The Morgan fingerprint density at radius 1 is 1.00 bits per heavy atom. The maximum absolute atomic E-state index is 12.6. The van der Waals surface area contributed by atoms with Crippen molar-refractivity contribution in [2.24, 2.45) is 5.10 Å². The number of nitrogens with one attached hydrogen (secondary N) is 1. The second kappa shape index (κ2) is 13.3. The predicted molar refractivity (Wildman–Crippen MR) is 138 cm³/mol. The summed E-state index contributed by atoms with van der Waals surface area (Å²) in [7, 11) is 0. The van der Waals surface area contributed by atoms with Crippen LogP contribution in [0.3, 0.4) is 0 Å². The molecule has 7 nitrogen and oxygen atoms in total. The first-order valence-corrected chi connectivity index (χ1v) is 12.0. The number of hydrogen-bond donors (Lipinski definition) is 1. The van der Waals surface area contributed by atoms with Gasteiger partial charge in [0.2, 0.25) is 0 Å². The summed E-state index contributed by atoms with van der Waals surface area (Å²) in [5.74, 6) is 0.714. The molecule has 0 aromatic heterocycles. The lowest BCUT2D eigenvalue weighted by Gasteiger charge is -2.09. The molecule has 0 heterocycles. The summed E-state index contributed by atoms with van der Waals surface area (Å²) < 4.78 is 17.4. The Morgan fingerprint density at radius 2 is 1.71 bits per heavy atom. The number of carbonyl (C=O) groups excluding carboxylic acids is 2. The number of unbranched alkanes of at least 4 members (excludes halogenated alkanes) is 1. The number of amides is 1. The smallest absolute Gasteiger partial charge is 0.343 e. The molecule has 0 aliphatic carbocycles. The molecule has 0 bridgehead atoms. The Hall–Kier alpha value is -3.65. The number of carbonyl (C=O) groups is 2. The van der Waals surface area contributed by atoms with E-state index in [0.29, 0.717) is 29.2 Å². The van der Waals surface area contributed by atoms with Gasteiger partial charge in [0.1, 0.15) is 17.2 Å². The largest absolute Gasteiger partial charge is 0.494 e. The lowest BCUT2D eigenvalue weighted by atomic mass is 10.1. The number of esters is 1. The first-order chi connectivity index (χ1) is 17.0. The number of hydrogen-bond acceptors (Lipinski definition) is 6. The maximum atomic E-state index is 12.6. The molecule has 35 heavy (non-hydrogen) atoms. The van der Waals surface area contributed by atoms with Crippen molar-refractivity contribution >= 4 is 34.0 Å². The third-order valence-corrected chi connectivity index (χ3v) is 5.39. The van der Waals surface area contributed by atoms with E-state index >= 15 is 0 Å². The van der Waals surface area contributed by atoms with Crippen LogP contribution < -0.4 is 19.6 Å². The average Bonchev–Trinajstić information content (AvgIpc) is 2.85. The van der Waals surface area contributed by atoms with E-state index in [1.54, 1.807) is 54.6 Å². The van der Waals surface area contributed by atoms with Gasteiger partial charge in [-0.25, -0.2) is 10.2 Å². The van der Waals surface area contributed by atoms with Gasteiger partial charge in [0.05, 0.1) is 18.4 Å². The monoisotopic (exact) mass is 538 g/mol. The van der Waals surface area contributed by atoms with Crippen molar-refractivity contribution in [3.8, 4) is 17.2 Å². The molecule has 182 valence electrons. The molecule has 0 fully saturated rings. The van der Waals surface area contributed by atoms with E-state index in [4.69, 9.17) is 14.2 Å². The standard InChI is InChI=1S/C27H27BrN2O5/c1-3-4-15-33-22-10-12-23(13-11-22)34-18-26(31)30-29-17-20-16-21(28)9-14-25(20)35-27(32)24-8-6-5-7-19(24)2/h5-14,16-17H,3-4,15,18H2,1-2H3,(H,30,31)/b29-17-. The van der Waals surface area contributed by atoms with E-state index in [2.05, 4.69) is 33.4 Å². The summed E-state index contributed by atoms with van der Waals surface area (Å²) >= 11 is 3.39. The van der Waals surface area contributed by atoms with E-state index in [9.17, 15) is 9.59 Å². The lowest BCUT2D eigenvalue weighted by molar-refractivity contribution is -0.123. The molecule has 0 saturated carbocycles. The summed E-state index contributed by atoms with van der Waals surface area (Å²) in [6.07, 6.45) is 3.47. The van der Waals surface area contributed by atoms with Gasteiger partial charge in [0, 0.05) is 10.0 Å². The molecule has 0 aliphatic heterocycles. The van der Waals surface area contributed by atoms with E-state index in [0.717, 1.165) is 28.6 Å². The number of hydrazone groups is 1. The number of benzene rings is 3. The fraction of sp³-hybridized carbons (Fsp3) is 0.222. The molecule has 3 aromatic rings. The van der Waals surface area contributed by atoms with Gasteiger partial charge in [-0.1, -0.05) is 47.5 Å². The van der Waals surface area contributed by atoms with Crippen LogP contribution in [0.25, 0.3) is 0 Å². The molecule has 0 unspecified atom stereocenters. The fourth-order valence-corrected chi connectivity index (χ4v) is 3.37. The van der Waals surface area contributed by atoms with Gasteiger partial charge >= 0.3 is 5.97 Å². The second-order valence-electron chi connectivity index (χ2n) is 7.64. The first kappa shape index (κ1) is 26.0. The van der Waals surface area contributed by atoms with Gasteiger partial charge in [0.15, 0.2) is 6.61 Å². The van der Waals surface area contributed by atoms with Crippen molar-refractivity contribution in [1.29, 1.82) is 0 Å². The highest BCUT2D eigenvalue weighted by Crippen LogP contribution is 2.23. The molecule has 0 aliphatic rings. The molecule has 3 aromatic carbocycles. The summed E-state index contributed by atoms with van der Waals surface area (Å²) in [5.41, 5.74) is 4.22. The van der Waals surface area contributed by atoms with Gasteiger partial charge in [-0.05, 0) is 67.4 Å². The van der Waals surface area contributed by atoms with E-state index in [1.165, 1.54) is 6.21 Å². The summed E-state index contributed by atoms with van der Waals surface area (Å²) in [6.45, 7) is 4.41. The van der Waals surface area contributed by atoms with E-state index in [1.807, 2.05) is 19.1 Å². The van der Waals surface area contributed by atoms with Crippen LogP contribution >= 0.6 is 15.9 Å². The number of halogens is 1. The van der Waals surface area contributed by atoms with E-state index < -0.39 is 11.9 Å². The third kappa shape index (κ3) is 8.26. The van der Waals surface area contributed by atoms with Gasteiger partial charge < -0.3 is 14.2 Å². The summed E-state index contributed by atoms with van der Waals surface area (Å²) in [5, 5.41) is 3.97. The summed E-state index contributed by atoms with van der Waals surface area (Å²) in [6, 6.07) is 19.4. The highest BCUT2D eigenvalue weighted by molar-refractivity contribution is 9.10. The lowest BCUT2D eigenvalue weighted by Crippen LogP contribution is -2.24. The molecule has 1 amide bonds. The second-order valence-corrected chi connectivity index (χ2v) is 8.56. The van der Waals surface area contributed by atoms with Crippen molar-refractivity contribution in [1.82, 2.24) is 5.43 Å². The predicted octanol–water partition coefficient (Wildman–Crippen LogP) is 5.68. The minimum absolute atomic E-state index is 0.207. The first-order valence-electron chi connectivity index (χ1n) is 11.2. The van der Waals surface area contributed by atoms with Gasteiger partial charge in [-0.3, -0.25) is 4.79 Å². The van der Waals surface area contributed by atoms with Crippen LogP contribution in [0.1, 0.15) is 41.3 Å². The van der Waals surface area contributed by atoms with Crippen LogP contribution in [-0.4, -0.2) is 31.3 Å². The SMILES string of the molecule is CCCCOc1ccc(OCC(=O)N/N=C\c2cc(Br)ccc2OC(=O)c2ccccc2C)cc1. The van der Waals surface area contributed by atoms with Crippen molar-refractivity contribution in [3.63, 3.8) is 0 Å². The molecule has 8 heteroatoms. The Balaban J connectivity index is 1.54. The maximum Gasteiger partial charge on any atom is 0.343 e. The van der Waals surface area contributed by atoms with Gasteiger partial charge in [-0.2, -0.15) is 5.10 Å². The Labute approximate surface area is 213 Å².